The van der Waals surface area contributed by atoms with Gasteiger partial charge < -0.3 is 4.42 Å². The highest BCUT2D eigenvalue weighted by Gasteiger charge is 2.02. The maximum absolute atomic E-state index is 9.09. The molecular weight excluding hydrogens is 313 g/mol. The first kappa shape index (κ1) is 11.0. The van der Waals surface area contributed by atoms with Crippen molar-refractivity contribution in [3.8, 4) is 6.07 Å². The van der Waals surface area contributed by atoms with Gasteiger partial charge in [0, 0.05) is 0 Å². The summed E-state index contributed by atoms with van der Waals surface area (Å²) < 4.78 is 6.21. The Bertz CT molecular complexity index is 549. The summed E-state index contributed by atoms with van der Waals surface area (Å²) >= 11 is 2.10. The van der Waals surface area contributed by atoms with E-state index in [-0.39, 0.29) is 0 Å². The third-order valence-electron chi connectivity index (χ3n) is 2.09. The average molecular weight is 321 g/mol. The standard InChI is InChI=1S/C13H8INO/c14-13-7-6-12(16-13)8-11(9-15)10-4-2-1-3-5-10/h1-8H/b11-8-. The van der Waals surface area contributed by atoms with Crippen LogP contribution in [0, 0.1) is 15.1 Å². The third-order valence-corrected chi connectivity index (χ3v) is 2.67. The molecule has 0 aliphatic rings. The fourth-order valence-corrected chi connectivity index (χ4v) is 1.78. The maximum Gasteiger partial charge on any atom is 0.164 e. The van der Waals surface area contributed by atoms with Crippen LogP contribution in [0.2, 0.25) is 0 Å². The van der Waals surface area contributed by atoms with E-state index in [0.717, 1.165) is 9.33 Å². The number of nitrogens with zero attached hydrogens (tertiary/aromatic N) is 1. The summed E-state index contributed by atoms with van der Waals surface area (Å²) in [6, 6.07) is 15.4. The lowest BCUT2D eigenvalue weighted by Crippen LogP contribution is -1.79. The summed E-state index contributed by atoms with van der Waals surface area (Å²) in [5, 5.41) is 9.09. The Labute approximate surface area is 107 Å². The Morgan fingerprint density at radius 3 is 2.50 bits per heavy atom. The van der Waals surface area contributed by atoms with Gasteiger partial charge in [0.2, 0.25) is 0 Å². The molecule has 0 aliphatic carbocycles. The molecule has 1 aromatic heterocycles. The molecule has 2 aromatic rings. The van der Waals surface area contributed by atoms with Crippen molar-refractivity contribution in [3.63, 3.8) is 0 Å². The molecule has 0 atom stereocenters. The highest BCUT2D eigenvalue weighted by atomic mass is 127. The molecule has 0 radical (unpaired) electrons. The van der Waals surface area contributed by atoms with Gasteiger partial charge in [-0.15, -0.1) is 0 Å². The zero-order chi connectivity index (χ0) is 11.4. The topological polar surface area (TPSA) is 36.9 Å². The van der Waals surface area contributed by atoms with Crippen molar-refractivity contribution >= 4 is 34.2 Å². The van der Waals surface area contributed by atoms with Crippen LogP contribution in [0.1, 0.15) is 11.3 Å². The molecule has 78 valence electrons. The van der Waals surface area contributed by atoms with Crippen LogP contribution in [-0.4, -0.2) is 0 Å². The number of nitriles is 1. The number of furan rings is 1. The molecule has 2 rings (SSSR count). The van der Waals surface area contributed by atoms with Crippen molar-refractivity contribution in [2.75, 3.05) is 0 Å². The lowest BCUT2D eigenvalue weighted by atomic mass is 10.1. The van der Waals surface area contributed by atoms with Crippen LogP contribution in [0.4, 0.5) is 0 Å². The van der Waals surface area contributed by atoms with Crippen molar-refractivity contribution < 1.29 is 4.42 Å². The molecule has 16 heavy (non-hydrogen) atoms. The highest BCUT2D eigenvalue weighted by molar-refractivity contribution is 14.1. The van der Waals surface area contributed by atoms with Gasteiger partial charge in [-0.1, -0.05) is 30.3 Å². The summed E-state index contributed by atoms with van der Waals surface area (Å²) in [5.74, 6) is 0.699. The van der Waals surface area contributed by atoms with E-state index in [4.69, 9.17) is 9.68 Å². The SMILES string of the molecule is N#C/C(=C/c1ccc(I)o1)c1ccccc1. The molecule has 0 spiro atoms. The van der Waals surface area contributed by atoms with E-state index in [2.05, 4.69) is 28.7 Å². The second kappa shape index (κ2) is 4.99. The van der Waals surface area contributed by atoms with E-state index in [1.807, 2.05) is 42.5 Å². The van der Waals surface area contributed by atoms with Crippen LogP contribution in [-0.2, 0) is 0 Å². The Morgan fingerprint density at radius 1 is 1.19 bits per heavy atom. The van der Waals surface area contributed by atoms with Gasteiger partial charge in [0.1, 0.15) is 5.76 Å². The zero-order valence-corrected chi connectivity index (χ0v) is 10.5. The Kier molecular flexibility index (Phi) is 3.42. The lowest BCUT2D eigenvalue weighted by molar-refractivity contribution is 0.528. The summed E-state index contributed by atoms with van der Waals surface area (Å²) in [6.45, 7) is 0. The van der Waals surface area contributed by atoms with Gasteiger partial charge in [-0.2, -0.15) is 5.26 Å². The fraction of sp³-hybridized carbons (Fsp3) is 0. The molecule has 1 heterocycles. The van der Waals surface area contributed by atoms with Crippen molar-refractivity contribution in [2.45, 2.75) is 0 Å². The van der Waals surface area contributed by atoms with E-state index in [9.17, 15) is 0 Å². The Morgan fingerprint density at radius 2 is 1.94 bits per heavy atom. The third kappa shape index (κ3) is 2.52. The second-order valence-corrected chi connectivity index (χ2v) is 4.24. The molecule has 3 heteroatoms. The predicted octanol–water partition coefficient (Wildman–Crippen LogP) is 3.95. The molecule has 0 fully saturated rings. The highest BCUT2D eigenvalue weighted by Crippen LogP contribution is 2.19. The lowest BCUT2D eigenvalue weighted by Gasteiger charge is -1.96. The van der Waals surface area contributed by atoms with E-state index >= 15 is 0 Å². The van der Waals surface area contributed by atoms with Crippen LogP contribution >= 0.6 is 22.6 Å². The van der Waals surface area contributed by atoms with Gasteiger partial charge in [-0.25, -0.2) is 0 Å². The predicted molar refractivity (Wildman–Crippen MR) is 71.4 cm³/mol. The summed E-state index contributed by atoms with van der Waals surface area (Å²) in [6.07, 6.45) is 1.75. The summed E-state index contributed by atoms with van der Waals surface area (Å²) in [5.41, 5.74) is 1.50. The zero-order valence-electron chi connectivity index (χ0n) is 8.35. The minimum atomic E-state index is 0.603. The van der Waals surface area contributed by atoms with Crippen molar-refractivity contribution in [2.24, 2.45) is 0 Å². The number of halogens is 1. The summed E-state index contributed by atoms with van der Waals surface area (Å²) in [4.78, 5) is 0. The van der Waals surface area contributed by atoms with Crippen molar-refractivity contribution in [3.05, 3.63) is 57.6 Å². The van der Waals surface area contributed by atoms with Crippen LogP contribution in [0.15, 0.2) is 46.9 Å². The molecule has 2 nitrogen and oxygen atoms in total. The van der Waals surface area contributed by atoms with Gasteiger partial charge in [0.15, 0.2) is 3.77 Å². The molecule has 0 saturated heterocycles. The number of allylic oxidation sites excluding steroid dienone is 1. The number of rotatable bonds is 2. The normalized spacial score (nSPS) is 11.1. The van der Waals surface area contributed by atoms with E-state index in [0.29, 0.717) is 11.3 Å². The number of hydrogen-bond donors (Lipinski definition) is 0. The van der Waals surface area contributed by atoms with Crippen LogP contribution in [0.3, 0.4) is 0 Å². The Hall–Kier alpha value is -1.54. The monoisotopic (exact) mass is 321 g/mol. The molecule has 1 aromatic carbocycles. The van der Waals surface area contributed by atoms with Crippen LogP contribution in [0.5, 0.6) is 0 Å². The molecular formula is C13H8INO. The van der Waals surface area contributed by atoms with Crippen molar-refractivity contribution in [1.29, 1.82) is 5.26 Å². The van der Waals surface area contributed by atoms with Gasteiger partial charge >= 0.3 is 0 Å². The van der Waals surface area contributed by atoms with Gasteiger partial charge in [-0.05, 0) is 46.4 Å². The van der Waals surface area contributed by atoms with E-state index < -0.39 is 0 Å². The van der Waals surface area contributed by atoms with Crippen LogP contribution in [0.25, 0.3) is 11.6 Å². The average Bonchev–Trinajstić information content (AvgIpc) is 2.73. The van der Waals surface area contributed by atoms with Gasteiger partial charge in [0.05, 0.1) is 11.6 Å². The Balaban J connectivity index is 2.38. The molecule has 0 aliphatic heterocycles. The quantitative estimate of drug-likeness (QED) is 0.620. The van der Waals surface area contributed by atoms with Crippen molar-refractivity contribution in [1.82, 2.24) is 0 Å². The maximum atomic E-state index is 9.09. The fourth-order valence-electron chi connectivity index (χ4n) is 1.35. The van der Waals surface area contributed by atoms with E-state index in [1.54, 1.807) is 6.08 Å². The van der Waals surface area contributed by atoms with Gasteiger partial charge in [-0.3, -0.25) is 0 Å². The smallest absolute Gasteiger partial charge is 0.164 e. The minimum absolute atomic E-state index is 0.603. The van der Waals surface area contributed by atoms with E-state index in [1.165, 1.54) is 0 Å². The summed E-state index contributed by atoms with van der Waals surface area (Å²) in [7, 11) is 0. The molecule has 0 amide bonds. The first-order valence-corrected chi connectivity index (χ1v) is 5.80. The first-order valence-electron chi connectivity index (χ1n) is 4.72. The largest absolute Gasteiger partial charge is 0.451 e. The molecule has 0 N–H and O–H groups in total. The number of benzene rings is 1. The molecule has 0 bridgehead atoms. The minimum Gasteiger partial charge on any atom is -0.451 e. The second-order valence-electron chi connectivity index (χ2n) is 3.18. The van der Waals surface area contributed by atoms with Gasteiger partial charge in [0.25, 0.3) is 0 Å². The molecule has 0 saturated carbocycles. The first-order chi connectivity index (χ1) is 7.79. The van der Waals surface area contributed by atoms with Crippen LogP contribution < -0.4 is 0 Å². The number of hydrogen-bond acceptors (Lipinski definition) is 2. The molecule has 0 unspecified atom stereocenters.